The lowest BCUT2D eigenvalue weighted by Crippen LogP contribution is -2.32. The number of esters is 1. The Hall–Kier alpha value is -4.62. The van der Waals surface area contributed by atoms with Gasteiger partial charge in [-0.2, -0.15) is 0 Å². The average Bonchev–Trinajstić information content (AvgIpc) is 3.65. The van der Waals surface area contributed by atoms with Crippen molar-refractivity contribution < 1.29 is 23.9 Å². The maximum absolute atomic E-state index is 13.4. The number of Topliss-reactive ketones (excluding diaryl/α,β-unsaturated/α-hetero) is 1. The summed E-state index contributed by atoms with van der Waals surface area (Å²) in [5.41, 5.74) is 4.16. The third-order valence-electron chi connectivity index (χ3n) is 9.00. The van der Waals surface area contributed by atoms with Crippen LogP contribution in [0, 0.1) is 23.7 Å². The number of carbonyl (C=O) groups is 4. The molecule has 7 rings (SSSR count). The highest BCUT2D eigenvalue weighted by atomic mass is 35.5. The lowest BCUT2D eigenvalue weighted by molar-refractivity contribution is -0.123. The number of anilines is 1. The number of rotatable bonds is 6. The summed E-state index contributed by atoms with van der Waals surface area (Å²) in [6.45, 7) is 3.58. The summed E-state index contributed by atoms with van der Waals surface area (Å²) in [5, 5.41) is 1.01. The molecular weight excluding hydrogens is 564 g/mol. The topological polar surface area (TPSA) is 93.6 Å². The molecule has 214 valence electrons. The van der Waals surface area contributed by atoms with Crippen LogP contribution in [0.3, 0.4) is 0 Å². The first kappa shape index (κ1) is 27.2. The predicted molar refractivity (Wildman–Crippen MR) is 163 cm³/mol. The molecule has 7 nitrogen and oxygen atoms in total. The molecule has 0 N–H and O–H groups in total. The van der Waals surface area contributed by atoms with Crippen LogP contribution in [0.15, 0.2) is 90.5 Å². The number of benzene rings is 3. The van der Waals surface area contributed by atoms with Crippen LogP contribution in [0.25, 0.3) is 22.2 Å². The quantitative estimate of drug-likeness (QED) is 0.108. The number of para-hydroxylation sites is 1. The highest BCUT2D eigenvalue weighted by Gasteiger charge is 2.60. The first-order valence-electron chi connectivity index (χ1n) is 14.3. The van der Waals surface area contributed by atoms with Gasteiger partial charge in [0.15, 0.2) is 6.10 Å². The van der Waals surface area contributed by atoms with Gasteiger partial charge in [-0.25, -0.2) is 9.78 Å². The van der Waals surface area contributed by atoms with E-state index in [1.807, 2.05) is 6.07 Å². The second-order valence-electron chi connectivity index (χ2n) is 11.5. The Kier molecular flexibility index (Phi) is 6.51. The molecule has 1 aliphatic heterocycles. The molecule has 1 aromatic heterocycles. The zero-order valence-corrected chi connectivity index (χ0v) is 24.2. The molecule has 3 aromatic carbocycles. The van der Waals surface area contributed by atoms with Crippen molar-refractivity contribution in [1.82, 2.24) is 4.98 Å². The molecular formula is C35H27ClN2O5. The Morgan fingerprint density at radius 3 is 2.47 bits per heavy atom. The van der Waals surface area contributed by atoms with Crippen LogP contribution in [0.1, 0.15) is 41.0 Å². The zero-order chi connectivity index (χ0) is 30.0. The SMILES string of the molecule is CC1=CC2CC1C1C(=O)N(c3ccc(-c4cc(C(=O)OC(C)C(=O)c5cccc(Cl)c5)c5ccccc5n4)cc3)C(=O)C21. The third kappa shape index (κ3) is 4.46. The van der Waals surface area contributed by atoms with Crippen molar-refractivity contribution in [3.8, 4) is 11.3 Å². The van der Waals surface area contributed by atoms with Gasteiger partial charge in [-0.1, -0.05) is 65.7 Å². The normalized spacial score (nSPS) is 23.0. The number of ether oxygens (including phenoxy) is 1. The predicted octanol–water partition coefficient (Wildman–Crippen LogP) is 6.69. The number of nitrogens with zero attached hydrogens (tertiary/aromatic N) is 2. The minimum atomic E-state index is -1.04. The molecule has 2 aliphatic carbocycles. The molecule has 1 saturated heterocycles. The highest BCUT2D eigenvalue weighted by molar-refractivity contribution is 6.31. The van der Waals surface area contributed by atoms with Crippen molar-refractivity contribution in [3.05, 3.63) is 107 Å². The number of halogens is 1. The molecule has 5 unspecified atom stereocenters. The van der Waals surface area contributed by atoms with Gasteiger partial charge in [0.25, 0.3) is 0 Å². The van der Waals surface area contributed by atoms with Gasteiger partial charge >= 0.3 is 5.97 Å². The van der Waals surface area contributed by atoms with E-state index in [4.69, 9.17) is 21.3 Å². The Morgan fingerprint density at radius 1 is 0.953 bits per heavy atom. The summed E-state index contributed by atoms with van der Waals surface area (Å²) in [7, 11) is 0. The van der Waals surface area contributed by atoms with Crippen LogP contribution < -0.4 is 4.90 Å². The summed E-state index contributed by atoms with van der Waals surface area (Å²) in [4.78, 5) is 59.1. The molecule has 4 aromatic rings. The summed E-state index contributed by atoms with van der Waals surface area (Å²) in [6, 6.07) is 22.4. The van der Waals surface area contributed by atoms with Crippen molar-refractivity contribution in [1.29, 1.82) is 0 Å². The van der Waals surface area contributed by atoms with Crippen LogP contribution in [0.2, 0.25) is 5.02 Å². The maximum atomic E-state index is 13.4. The monoisotopic (exact) mass is 590 g/mol. The Labute approximate surface area is 253 Å². The van der Waals surface area contributed by atoms with Gasteiger partial charge in [-0.05, 0) is 68.5 Å². The van der Waals surface area contributed by atoms with E-state index in [9.17, 15) is 19.2 Å². The number of hydrogen-bond acceptors (Lipinski definition) is 6. The van der Waals surface area contributed by atoms with Gasteiger partial charge in [0.2, 0.25) is 17.6 Å². The maximum Gasteiger partial charge on any atom is 0.339 e. The van der Waals surface area contributed by atoms with Gasteiger partial charge < -0.3 is 4.74 Å². The fourth-order valence-corrected chi connectivity index (χ4v) is 7.15. The summed E-state index contributed by atoms with van der Waals surface area (Å²) in [6.07, 6.45) is 2.01. The largest absolute Gasteiger partial charge is 0.451 e. The van der Waals surface area contributed by atoms with Gasteiger partial charge in [0.05, 0.1) is 34.3 Å². The van der Waals surface area contributed by atoms with E-state index < -0.39 is 12.1 Å². The standard InChI is InChI=1S/C35H27ClN2O5/c1-18-14-22-16-26(18)31-30(22)33(40)38(34(31)41)24-12-10-20(11-13-24)29-17-27(25-8-3-4-9-28(25)37-29)35(42)43-19(2)32(39)21-6-5-7-23(36)15-21/h3-15,17,19,22,26,30-31H,16H2,1-2H3. The number of pyridine rings is 1. The molecule has 2 heterocycles. The van der Waals surface area contributed by atoms with Crippen molar-refractivity contribution in [2.75, 3.05) is 4.90 Å². The number of hydrogen-bond donors (Lipinski definition) is 0. The highest BCUT2D eigenvalue weighted by Crippen LogP contribution is 2.56. The van der Waals surface area contributed by atoms with Crippen molar-refractivity contribution in [2.24, 2.45) is 23.7 Å². The zero-order valence-electron chi connectivity index (χ0n) is 23.5. The minimum absolute atomic E-state index is 0.127. The van der Waals surface area contributed by atoms with Gasteiger partial charge in [-0.3, -0.25) is 19.3 Å². The fourth-order valence-electron chi connectivity index (χ4n) is 6.96. The van der Waals surface area contributed by atoms with Crippen molar-refractivity contribution in [3.63, 3.8) is 0 Å². The second-order valence-corrected chi connectivity index (χ2v) is 12.0. The number of amides is 2. The molecule has 0 radical (unpaired) electrons. The molecule has 2 amide bonds. The molecule has 1 saturated carbocycles. The lowest BCUT2D eigenvalue weighted by atomic mass is 9.82. The lowest BCUT2D eigenvalue weighted by Gasteiger charge is -2.19. The van der Waals surface area contributed by atoms with Gasteiger partial charge in [-0.15, -0.1) is 0 Å². The number of aromatic nitrogens is 1. The van der Waals surface area contributed by atoms with Crippen LogP contribution in [-0.4, -0.2) is 34.7 Å². The molecule has 3 aliphatic rings. The van der Waals surface area contributed by atoms with Crippen LogP contribution in [-0.2, 0) is 14.3 Å². The third-order valence-corrected chi connectivity index (χ3v) is 9.24. The smallest absolute Gasteiger partial charge is 0.339 e. The summed E-state index contributed by atoms with van der Waals surface area (Å²) in [5.74, 6) is -1.53. The van der Waals surface area contributed by atoms with E-state index in [1.54, 1.807) is 66.7 Å². The van der Waals surface area contributed by atoms with E-state index in [0.29, 0.717) is 38.4 Å². The van der Waals surface area contributed by atoms with Crippen LogP contribution in [0.4, 0.5) is 5.69 Å². The average molecular weight is 591 g/mol. The van der Waals surface area contributed by atoms with E-state index in [-0.39, 0.29) is 46.8 Å². The second kappa shape index (κ2) is 10.3. The molecule has 43 heavy (non-hydrogen) atoms. The number of carbonyl (C=O) groups excluding carboxylic acids is 4. The fraction of sp³-hybridized carbons (Fsp3) is 0.229. The number of fused-ring (bicyclic) bond motifs is 6. The van der Waals surface area contributed by atoms with E-state index in [1.165, 1.54) is 23.5 Å². The minimum Gasteiger partial charge on any atom is -0.451 e. The van der Waals surface area contributed by atoms with E-state index in [0.717, 1.165) is 6.42 Å². The molecule has 5 atom stereocenters. The molecule has 2 bridgehead atoms. The van der Waals surface area contributed by atoms with Gasteiger partial charge in [0, 0.05) is 21.5 Å². The first-order valence-corrected chi connectivity index (χ1v) is 14.7. The summed E-state index contributed by atoms with van der Waals surface area (Å²) >= 11 is 6.03. The number of ketones is 1. The Bertz CT molecular complexity index is 1880. The first-order chi connectivity index (χ1) is 20.7. The molecule has 0 spiro atoms. The van der Waals surface area contributed by atoms with E-state index in [2.05, 4.69) is 13.0 Å². The van der Waals surface area contributed by atoms with Crippen molar-refractivity contribution >= 4 is 51.8 Å². The number of allylic oxidation sites excluding steroid dienone is 2. The van der Waals surface area contributed by atoms with Crippen LogP contribution in [0.5, 0.6) is 0 Å². The Balaban J connectivity index is 1.16. The molecule has 8 heteroatoms. The number of imide groups is 1. The summed E-state index contributed by atoms with van der Waals surface area (Å²) < 4.78 is 5.62. The van der Waals surface area contributed by atoms with Gasteiger partial charge in [0.1, 0.15) is 0 Å². The Morgan fingerprint density at radius 2 is 1.70 bits per heavy atom. The van der Waals surface area contributed by atoms with Crippen molar-refractivity contribution in [2.45, 2.75) is 26.4 Å². The molecule has 2 fully saturated rings. The van der Waals surface area contributed by atoms with Crippen LogP contribution >= 0.6 is 11.6 Å². The van der Waals surface area contributed by atoms with E-state index >= 15 is 0 Å².